The molecule has 15 heavy (non-hydrogen) atoms. The van der Waals surface area contributed by atoms with E-state index in [0.29, 0.717) is 0 Å². The van der Waals surface area contributed by atoms with E-state index in [1.54, 1.807) is 35.2 Å². The van der Waals surface area contributed by atoms with Gasteiger partial charge in [0.05, 0.1) is 10.2 Å². The number of nitrogens with zero attached hydrogens (tertiary/aromatic N) is 1. The van der Waals surface area contributed by atoms with E-state index in [4.69, 9.17) is 0 Å². The van der Waals surface area contributed by atoms with Gasteiger partial charge in [0.1, 0.15) is 5.82 Å². The predicted octanol–water partition coefficient (Wildman–Crippen LogP) is 4.31. The fourth-order valence-corrected chi connectivity index (χ4v) is 3.91. The number of halogens is 2. The number of hydrogen-bond acceptors (Lipinski definition) is 3. The molecule has 0 aliphatic carbocycles. The molecule has 0 fully saturated rings. The molecule has 2 aromatic rings. The zero-order chi connectivity index (χ0) is 10.7. The second kappa shape index (κ2) is 5.27. The van der Waals surface area contributed by atoms with Crippen LogP contribution in [0.1, 0.15) is 6.42 Å². The fourth-order valence-electron chi connectivity index (χ4n) is 1.15. The lowest BCUT2D eigenvalue weighted by Crippen LogP contribution is -1.79. The largest absolute Gasteiger partial charge is 0.230 e. The van der Waals surface area contributed by atoms with Crippen molar-refractivity contribution in [2.75, 3.05) is 11.1 Å². The van der Waals surface area contributed by atoms with Gasteiger partial charge in [0, 0.05) is 11.1 Å². The third kappa shape index (κ3) is 2.92. The van der Waals surface area contributed by atoms with Crippen LogP contribution < -0.4 is 0 Å². The molecule has 0 saturated heterocycles. The Morgan fingerprint density at radius 1 is 1.47 bits per heavy atom. The summed E-state index contributed by atoms with van der Waals surface area (Å²) in [6.07, 6.45) is 1.12. The number of alkyl halides is 1. The first-order chi connectivity index (χ1) is 7.29. The van der Waals surface area contributed by atoms with Crippen LogP contribution in [-0.4, -0.2) is 16.1 Å². The van der Waals surface area contributed by atoms with Gasteiger partial charge < -0.3 is 0 Å². The monoisotopic (exact) mass is 305 g/mol. The molecule has 0 saturated carbocycles. The number of benzene rings is 1. The molecule has 0 aliphatic heterocycles. The Labute approximate surface area is 104 Å². The summed E-state index contributed by atoms with van der Waals surface area (Å²) in [5.41, 5.74) is 0.891. The molecule has 0 amide bonds. The van der Waals surface area contributed by atoms with Gasteiger partial charge in [-0.05, 0) is 24.6 Å². The van der Waals surface area contributed by atoms with Crippen molar-refractivity contribution >= 4 is 49.2 Å². The maximum Gasteiger partial charge on any atom is 0.151 e. The van der Waals surface area contributed by atoms with Crippen LogP contribution in [0.4, 0.5) is 4.39 Å². The molecule has 80 valence electrons. The molecule has 0 unspecified atom stereocenters. The van der Waals surface area contributed by atoms with E-state index in [1.807, 2.05) is 0 Å². The zero-order valence-corrected chi connectivity index (χ0v) is 11.1. The summed E-state index contributed by atoms with van der Waals surface area (Å²) in [6, 6.07) is 4.73. The first-order valence-corrected chi connectivity index (χ1v) is 7.47. The van der Waals surface area contributed by atoms with Crippen molar-refractivity contribution in [2.24, 2.45) is 0 Å². The van der Waals surface area contributed by atoms with Crippen LogP contribution in [0.25, 0.3) is 10.2 Å². The van der Waals surface area contributed by atoms with Crippen molar-refractivity contribution in [3.8, 4) is 0 Å². The highest BCUT2D eigenvalue weighted by atomic mass is 79.9. The Balaban J connectivity index is 2.16. The average molecular weight is 306 g/mol. The Morgan fingerprint density at radius 2 is 2.33 bits per heavy atom. The van der Waals surface area contributed by atoms with Crippen molar-refractivity contribution < 1.29 is 4.39 Å². The number of hydrogen-bond donors (Lipinski definition) is 0. The van der Waals surface area contributed by atoms with Gasteiger partial charge in [-0.3, -0.25) is 0 Å². The van der Waals surface area contributed by atoms with E-state index in [2.05, 4.69) is 20.9 Å². The first-order valence-electron chi connectivity index (χ1n) is 4.54. The minimum Gasteiger partial charge on any atom is -0.230 e. The van der Waals surface area contributed by atoms with Crippen LogP contribution in [-0.2, 0) is 0 Å². The van der Waals surface area contributed by atoms with Crippen molar-refractivity contribution in [1.29, 1.82) is 0 Å². The van der Waals surface area contributed by atoms with Gasteiger partial charge in [-0.15, -0.1) is 11.3 Å². The Kier molecular flexibility index (Phi) is 3.99. The highest BCUT2D eigenvalue weighted by molar-refractivity contribution is 9.09. The van der Waals surface area contributed by atoms with Crippen molar-refractivity contribution in [2.45, 2.75) is 10.8 Å². The zero-order valence-electron chi connectivity index (χ0n) is 7.87. The van der Waals surface area contributed by atoms with Gasteiger partial charge in [-0.1, -0.05) is 27.7 Å². The minimum atomic E-state index is -0.192. The van der Waals surface area contributed by atoms with Crippen LogP contribution in [0.15, 0.2) is 22.5 Å². The lowest BCUT2D eigenvalue weighted by atomic mass is 10.3. The smallest absolute Gasteiger partial charge is 0.151 e. The number of thiazole rings is 1. The molecule has 0 N–H and O–H groups in total. The second-order valence-corrected chi connectivity index (χ2v) is 6.15. The lowest BCUT2D eigenvalue weighted by Gasteiger charge is -1.91. The van der Waals surface area contributed by atoms with Crippen LogP contribution in [0.3, 0.4) is 0 Å². The van der Waals surface area contributed by atoms with E-state index < -0.39 is 0 Å². The fraction of sp³-hybridized carbons (Fsp3) is 0.300. The average Bonchev–Trinajstić information content (AvgIpc) is 2.60. The third-order valence-electron chi connectivity index (χ3n) is 1.83. The normalized spacial score (nSPS) is 11.1. The minimum absolute atomic E-state index is 0.192. The van der Waals surface area contributed by atoms with Crippen LogP contribution >= 0.6 is 39.0 Å². The second-order valence-electron chi connectivity index (χ2n) is 2.98. The summed E-state index contributed by atoms with van der Waals surface area (Å²) >= 11 is 6.68. The first kappa shape index (κ1) is 11.4. The van der Waals surface area contributed by atoms with Crippen LogP contribution in [0, 0.1) is 5.82 Å². The van der Waals surface area contributed by atoms with E-state index >= 15 is 0 Å². The van der Waals surface area contributed by atoms with Gasteiger partial charge in [-0.25, -0.2) is 9.37 Å². The Hall–Kier alpha value is -0.130. The number of aromatic nitrogens is 1. The summed E-state index contributed by atoms with van der Waals surface area (Å²) in [6.45, 7) is 0. The molecule has 1 nitrogen and oxygen atoms in total. The van der Waals surface area contributed by atoms with Gasteiger partial charge in [0.25, 0.3) is 0 Å². The highest BCUT2D eigenvalue weighted by Gasteiger charge is 2.04. The predicted molar refractivity (Wildman–Crippen MR) is 68.7 cm³/mol. The Bertz CT molecular complexity index is 458. The molecule has 0 aliphatic rings. The van der Waals surface area contributed by atoms with Crippen LogP contribution in [0.5, 0.6) is 0 Å². The van der Waals surface area contributed by atoms with Crippen molar-refractivity contribution in [3.63, 3.8) is 0 Å². The summed E-state index contributed by atoms with van der Waals surface area (Å²) < 4.78 is 14.9. The maximum atomic E-state index is 12.9. The van der Waals surface area contributed by atoms with Gasteiger partial charge >= 0.3 is 0 Å². The summed E-state index contributed by atoms with van der Waals surface area (Å²) in [4.78, 5) is 4.43. The summed E-state index contributed by atoms with van der Waals surface area (Å²) in [7, 11) is 0. The van der Waals surface area contributed by atoms with Crippen LogP contribution in [0.2, 0.25) is 0 Å². The van der Waals surface area contributed by atoms with Gasteiger partial charge in [0.15, 0.2) is 4.34 Å². The topological polar surface area (TPSA) is 12.9 Å². The van der Waals surface area contributed by atoms with E-state index in [9.17, 15) is 4.39 Å². The standard InChI is InChI=1S/C10H9BrFNS2/c11-4-1-5-14-10-13-8-3-2-7(12)6-9(8)15-10/h2-3,6H,1,4-5H2. The molecular weight excluding hydrogens is 297 g/mol. The summed E-state index contributed by atoms with van der Waals surface area (Å²) in [5, 5.41) is 1.01. The quantitative estimate of drug-likeness (QED) is 0.474. The van der Waals surface area contributed by atoms with Crippen molar-refractivity contribution in [3.05, 3.63) is 24.0 Å². The molecule has 5 heteroatoms. The highest BCUT2D eigenvalue weighted by Crippen LogP contribution is 2.30. The molecule has 0 radical (unpaired) electrons. The SMILES string of the molecule is Fc1ccc2nc(SCCCBr)sc2c1. The van der Waals surface area contributed by atoms with E-state index in [1.165, 1.54) is 6.07 Å². The molecule has 1 aromatic carbocycles. The molecule has 0 bridgehead atoms. The molecule has 1 aromatic heterocycles. The number of thioether (sulfide) groups is 1. The van der Waals surface area contributed by atoms with Gasteiger partial charge in [0.2, 0.25) is 0 Å². The summed E-state index contributed by atoms with van der Waals surface area (Å²) in [5.74, 6) is 0.858. The molecule has 0 atom stereocenters. The van der Waals surface area contributed by atoms with Crippen molar-refractivity contribution in [1.82, 2.24) is 4.98 Å². The Morgan fingerprint density at radius 3 is 3.13 bits per heavy atom. The van der Waals surface area contributed by atoms with E-state index in [-0.39, 0.29) is 5.82 Å². The molecular formula is C10H9BrFNS2. The number of rotatable bonds is 4. The molecule has 1 heterocycles. The number of fused-ring (bicyclic) bond motifs is 1. The third-order valence-corrected chi connectivity index (χ3v) is 4.64. The van der Waals surface area contributed by atoms with Gasteiger partial charge in [-0.2, -0.15) is 0 Å². The molecule has 2 rings (SSSR count). The van der Waals surface area contributed by atoms with E-state index in [0.717, 1.165) is 32.1 Å². The molecule has 0 spiro atoms. The lowest BCUT2D eigenvalue weighted by molar-refractivity contribution is 0.630. The maximum absolute atomic E-state index is 12.9.